The topological polar surface area (TPSA) is 9.23 Å². The number of ether oxygens (including phenoxy) is 1. The molecule has 0 aromatic heterocycles. The Hall–Kier alpha value is -0.0400. The van der Waals surface area contributed by atoms with E-state index in [0.717, 1.165) is 41.4 Å². The highest BCUT2D eigenvalue weighted by atomic mass is 16.5. The molecule has 0 radical (unpaired) electrons. The summed E-state index contributed by atoms with van der Waals surface area (Å²) in [6, 6.07) is 0. The van der Waals surface area contributed by atoms with Gasteiger partial charge in [-0.1, -0.05) is 53.9 Å². The van der Waals surface area contributed by atoms with E-state index in [1.54, 1.807) is 0 Å². The number of fused-ring (bicyclic) bond motifs is 5. The van der Waals surface area contributed by atoms with E-state index in [4.69, 9.17) is 4.74 Å². The van der Waals surface area contributed by atoms with Crippen LogP contribution in [0.25, 0.3) is 0 Å². The van der Waals surface area contributed by atoms with Gasteiger partial charge in [-0.15, -0.1) is 0 Å². The SMILES string of the molecule is COC1CCC2CC[C@H]3[C@@H]4CC[C@H]([C@H](C)CCCC(C)C)[C@@]4(C)CC[C@@H]3[C@@]2(C)C1. The zero-order valence-corrected chi connectivity index (χ0v) is 20.5. The molecule has 0 heterocycles. The highest BCUT2D eigenvalue weighted by Gasteiger charge is 2.60. The predicted octanol–water partition coefficient (Wildman–Crippen LogP) is 8.12. The Kier molecular flexibility index (Phi) is 6.48. The molecule has 29 heavy (non-hydrogen) atoms. The van der Waals surface area contributed by atoms with E-state index in [1.807, 2.05) is 7.11 Å². The van der Waals surface area contributed by atoms with Gasteiger partial charge in [0.15, 0.2) is 0 Å². The van der Waals surface area contributed by atoms with Crippen molar-refractivity contribution >= 4 is 0 Å². The summed E-state index contributed by atoms with van der Waals surface area (Å²) in [7, 11) is 1.95. The molecule has 0 spiro atoms. The lowest BCUT2D eigenvalue weighted by molar-refractivity contribution is -0.137. The van der Waals surface area contributed by atoms with E-state index >= 15 is 0 Å². The van der Waals surface area contributed by atoms with Crippen molar-refractivity contribution in [3.63, 3.8) is 0 Å². The second kappa shape index (κ2) is 8.48. The minimum atomic E-state index is 0.528. The molecule has 0 saturated heterocycles. The first-order valence-electron chi connectivity index (χ1n) is 13.3. The van der Waals surface area contributed by atoms with E-state index < -0.39 is 0 Å². The molecular formula is C28H50O. The van der Waals surface area contributed by atoms with Crippen LogP contribution in [0.3, 0.4) is 0 Å². The number of hydrogen-bond donors (Lipinski definition) is 0. The van der Waals surface area contributed by atoms with Gasteiger partial charge in [0.2, 0.25) is 0 Å². The Labute approximate surface area is 182 Å². The average Bonchev–Trinajstić information content (AvgIpc) is 3.04. The van der Waals surface area contributed by atoms with Gasteiger partial charge in [-0.05, 0) is 110 Å². The monoisotopic (exact) mass is 402 g/mol. The first-order valence-corrected chi connectivity index (χ1v) is 13.3. The van der Waals surface area contributed by atoms with E-state index in [0.29, 0.717) is 16.9 Å². The minimum Gasteiger partial charge on any atom is -0.381 e. The lowest BCUT2D eigenvalue weighted by atomic mass is 9.44. The minimum absolute atomic E-state index is 0.528. The van der Waals surface area contributed by atoms with Crippen molar-refractivity contribution in [3.8, 4) is 0 Å². The smallest absolute Gasteiger partial charge is 0.0576 e. The van der Waals surface area contributed by atoms with Gasteiger partial charge in [-0.3, -0.25) is 0 Å². The van der Waals surface area contributed by atoms with Crippen LogP contribution in [-0.4, -0.2) is 13.2 Å². The fourth-order valence-corrected chi connectivity index (χ4v) is 9.53. The average molecular weight is 403 g/mol. The fourth-order valence-electron chi connectivity index (χ4n) is 9.53. The van der Waals surface area contributed by atoms with Gasteiger partial charge in [0, 0.05) is 7.11 Å². The quantitative estimate of drug-likeness (QED) is 0.436. The highest BCUT2D eigenvalue weighted by molar-refractivity contribution is 5.09. The number of hydrogen-bond acceptors (Lipinski definition) is 1. The third-order valence-corrected chi connectivity index (χ3v) is 11.1. The van der Waals surface area contributed by atoms with Gasteiger partial charge in [0.25, 0.3) is 0 Å². The summed E-state index contributed by atoms with van der Waals surface area (Å²) in [5.74, 6) is 6.77. The zero-order chi connectivity index (χ0) is 20.8. The summed E-state index contributed by atoms with van der Waals surface area (Å²) in [5.41, 5.74) is 1.20. The van der Waals surface area contributed by atoms with Gasteiger partial charge in [0.1, 0.15) is 0 Å². The largest absolute Gasteiger partial charge is 0.381 e. The van der Waals surface area contributed by atoms with Crippen molar-refractivity contribution in [1.29, 1.82) is 0 Å². The summed E-state index contributed by atoms with van der Waals surface area (Å²) >= 11 is 0. The van der Waals surface area contributed by atoms with Crippen LogP contribution in [0.2, 0.25) is 0 Å². The van der Waals surface area contributed by atoms with Crippen LogP contribution in [-0.2, 0) is 4.74 Å². The summed E-state index contributed by atoms with van der Waals surface area (Å²) < 4.78 is 5.89. The maximum atomic E-state index is 5.89. The van der Waals surface area contributed by atoms with Crippen molar-refractivity contribution in [2.45, 2.75) is 118 Å². The van der Waals surface area contributed by atoms with Crippen molar-refractivity contribution in [1.82, 2.24) is 0 Å². The summed E-state index contributed by atoms with van der Waals surface area (Å²) in [5, 5.41) is 0. The summed E-state index contributed by atoms with van der Waals surface area (Å²) in [6.07, 6.45) is 18.1. The second-order valence-electron chi connectivity index (χ2n) is 12.8. The van der Waals surface area contributed by atoms with Crippen molar-refractivity contribution in [3.05, 3.63) is 0 Å². The lowest BCUT2D eigenvalue weighted by Gasteiger charge is -2.61. The molecular weight excluding hydrogens is 352 g/mol. The van der Waals surface area contributed by atoms with Crippen molar-refractivity contribution in [2.24, 2.45) is 52.3 Å². The molecule has 0 amide bonds. The van der Waals surface area contributed by atoms with Crippen LogP contribution in [0.5, 0.6) is 0 Å². The van der Waals surface area contributed by atoms with E-state index in [-0.39, 0.29) is 0 Å². The van der Waals surface area contributed by atoms with Gasteiger partial charge < -0.3 is 4.74 Å². The molecule has 0 aromatic carbocycles. The number of methoxy groups -OCH3 is 1. The first-order chi connectivity index (χ1) is 13.8. The molecule has 1 heteroatoms. The molecule has 2 unspecified atom stereocenters. The molecule has 4 aliphatic rings. The number of rotatable bonds is 6. The maximum absolute atomic E-state index is 5.89. The molecule has 4 fully saturated rings. The van der Waals surface area contributed by atoms with E-state index in [9.17, 15) is 0 Å². The van der Waals surface area contributed by atoms with Crippen LogP contribution in [0.4, 0.5) is 0 Å². The molecule has 0 aromatic rings. The van der Waals surface area contributed by atoms with Gasteiger partial charge >= 0.3 is 0 Å². The third-order valence-electron chi connectivity index (χ3n) is 11.1. The zero-order valence-electron chi connectivity index (χ0n) is 20.5. The lowest BCUT2D eigenvalue weighted by Crippen LogP contribution is -2.54. The molecule has 4 saturated carbocycles. The van der Waals surface area contributed by atoms with Crippen molar-refractivity contribution < 1.29 is 4.74 Å². The van der Waals surface area contributed by atoms with Crippen LogP contribution < -0.4 is 0 Å². The second-order valence-corrected chi connectivity index (χ2v) is 12.8. The van der Waals surface area contributed by atoms with Gasteiger partial charge in [-0.25, -0.2) is 0 Å². The third kappa shape index (κ3) is 3.85. The summed E-state index contributed by atoms with van der Waals surface area (Å²) in [6.45, 7) is 12.8. The molecule has 4 rings (SSSR count). The van der Waals surface area contributed by atoms with Crippen LogP contribution >= 0.6 is 0 Å². The van der Waals surface area contributed by atoms with Gasteiger partial charge in [0.05, 0.1) is 6.10 Å². The molecule has 1 nitrogen and oxygen atoms in total. The van der Waals surface area contributed by atoms with Crippen molar-refractivity contribution in [2.75, 3.05) is 7.11 Å². The molecule has 168 valence electrons. The Morgan fingerprint density at radius 3 is 2.28 bits per heavy atom. The Morgan fingerprint density at radius 1 is 0.828 bits per heavy atom. The first kappa shape index (κ1) is 22.2. The summed E-state index contributed by atoms with van der Waals surface area (Å²) in [4.78, 5) is 0. The normalized spacial score (nSPS) is 48.1. The van der Waals surface area contributed by atoms with Crippen LogP contribution in [0.15, 0.2) is 0 Å². The molecule has 0 N–H and O–H groups in total. The Bertz CT molecular complexity index is 555. The van der Waals surface area contributed by atoms with Crippen LogP contribution in [0.1, 0.15) is 112 Å². The molecule has 0 bridgehead atoms. The standard InChI is InChI=1S/C28H50O/c1-19(2)8-7-9-20(3)24-14-15-25-23-13-11-21-10-12-22(29-6)18-28(21,5)26(23)16-17-27(24,25)4/h19-26H,7-18H2,1-6H3/t20-,21?,22?,23+,24-,25+,26+,27-,28+/m1/s1. The molecule has 4 aliphatic carbocycles. The van der Waals surface area contributed by atoms with E-state index in [1.165, 1.54) is 77.0 Å². The Morgan fingerprint density at radius 2 is 1.55 bits per heavy atom. The Balaban J connectivity index is 1.47. The predicted molar refractivity (Wildman–Crippen MR) is 124 cm³/mol. The van der Waals surface area contributed by atoms with E-state index in [2.05, 4.69) is 34.6 Å². The maximum Gasteiger partial charge on any atom is 0.0576 e. The molecule has 9 atom stereocenters. The highest BCUT2D eigenvalue weighted by Crippen LogP contribution is 2.68. The van der Waals surface area contributed by atoms with Crippen LogP contribution in [0, 0.1) is 52.3 Å². The fraction of sp³-hybridized carbons (Fsp3) is 1.00. The molecule has 0 aliphatic heterocycles. The van der Waals surface area contributed by atoms with Gasteiger partial charge in [-0.2, -0.15) is 0 Å².